The van der Waals surface area contributed by atoms with Gasteiger partial charge in [-0.15, -0.1) is 0 Å². The van der Waals surface area contributed by atoms with E-state index in [1.54, 1.807) is 0 Å². The molecule has 1 aliphatic carbocycles. The number of hydrogen-bond donors (Lipinski definition) is 1. The van der Waals surface area contributed by atoms with Crippen molar-refractivity contribution in [3.63, 3.8) is 0 Å². The van der Waals surface area contributed by atoms with Crippen LogP contribution in [-0.2, 0) is 6.42 Å². The Kier molecular flexibility index (Phi) is 2.14. The molecular formula is C12H14BrN. The van der Waals surface area contributed by atoms with E-state index in [2.05, 4.69) is 39.4 Å². The van der Waals surface area contributed by atoms with Crippen molar-refractivity contribution < 1.29 is 0 Å². The Balaban J connectivity index is 2.09. The molecule has 1 aliphatic heterocycles. The Hall–Kier alpha value is -0.340. The molecule has 1 aromatic carbocycles. The van der Waals surface area contributed by atoms with Gasteiger partial charge in [-0.1, -0.05) is 28.1 Å². The van der Waals surface area contributed by atoms with Crippen LogP contribution in [0.15, 0.2) is 22.7 Å². The summed E-state index contributed by atoms with van der Waals surface area (Å²) in [6.07, 6.45) is 3.96. The van der Waals surface area contributed by atoms with Crippen molar-refractivity contribution >= 4 is 15.9 Å². The van der Waals surface area contributed by atoms with E-state index in [9.17, 15) is 0 Å². The molecule has 0 spiro atoms. The summed E-state index contributed by atoms with van der Waals surface area (Å²) in [6, 6.07) is 7.24. The zero-order valence-corrected chi connectivity index (χ0v) is 9.68. The molecule has 1 aromatic rings. The van der Waals surface area contributed by atoms with Gasteiger partial charge in [0.05, 0.1) is 0 Å². The number of hydrogen-bond acceptors (Lipinski definition) is 1. The Bertz CT molecular complexity index is 361. The van der Waals surface area contributed by atoms with Crippen molar-refractivity contribution in [3.05, 3.63) is 33.8 Å². The molecule has 2 atom stereocenters. The SMILES string of the molecule is Brc1cccc2c1CCC1CCNC21. The summed E-state index contributed by atoms with van der Waals surface area (Å²) in [5, 5.41) is 3.62. The third-order valence-electron chi connectivity index (χ3n) is 3.61. The molecule has 1 saturated heterocycles. The van der Waals surface area contributed by atoms with Gasteiger partial charge in [0.1, 0.15) is 0 Å². The van der Waals surface area contributed by atoms with Crippen LogP contribution in [0.1, 0.15) is 30.0 Å². The highest BCUT2D eigenvalue weighted by Gasteiger charge is 2.33. The normalized spacial score (nSPS) is 29.8. The van der Waals surface area contributed by atoms with E-state index < -0.39 is 0 Å². The molecule has 0 aromatic heterocycles. The van der Waals surface area contributed by atoms with Crippen molar-refractivity contribution in [2.75, 3.05) is 6.54 Å². The Morgan fingerprint density at radius 2 is 2.21 bits per heavy atom. The third kappa shape index (κ3) is 1.24. The molecule has 1 N–H and O–H groups in total. The van der Waals surface area contributed by atoms with Gasteiger partial charge in [-0.2, -0.15) is 0 Å². The van der Waals surface area contributed by atoms with Crippen LogP contribution in [0.4, 0.5) is 0 Å². The van der Waals surface area contributed by atoms with E-state index >= 15 is 0 Å². The third-order valence-corrected chi connectivity index (χ3v) is 4.35. The van der Waals surface area contributed by atoms with E-state index in [-0.39, 0.29) is 0 Å². The Morgan fingerprint density at radius 1 is 1.29 bits per heavy atom. The lowest BCUT2D eigenvalue weighted by atomic mass is 9.81. The topological polar surface area (TPSA) is 12.0 Å². The van der Waals surface area contributed by atoms with Gasteiger partial charge in [0.15, 0.2) is 0 Å². The van der Waals surface area contributed by atoms with Crippen LogP contribution in [-0.4, -0.2) is 6.54 Å². The van der Waals surface area contributed by atoms with E-state index in [1.165, 1.54) is 41.4 Å². The number of nitrogens with one attached hydrogen (secondary N) is 1. The van der Waals surface area contributed by atoms with Gasteiger partial charge in [-0.05, 0) is 48.9 Å². The number of rotatable bonds is 0. The molecule has 0 amide bonds. The highest BCUT2D eigenvalue weighted by atomic mass is 79.9. The second-order valence-electron chi connectivity index (χ2n) is 4.33. The zero-order chi connectivity index (χ0) is 9.54. The van der Waals surface area contributed by atoms with Crippen molar-refractivity contribution in [3.8, 4) is 0 Å². The maximum Gasteiger partial charge on any atom is 0.0352 e. The molecule has 0 radical (unpaired) electrons. The predicted molar refractivity (Wildman–Crippen MR) is 61.3 cm³/mol. The molecule has 1 nitrogen and oxygen atoms in total. The summed E-state index contributed by atoms with van der Waals surface area (Å²) in [5.41, 5.74) is 3.07. The first kappa shape index (κ1) is 8.93. The minimum Gasteiger partial charge on any atom is -0.310 e. The summed E-state index contributed by atoms with van der Waals surface area (Å²) in [6.45, 7) is 1.20. The zero-order valence-electron chi connectivity index (χ0n) is 8.09. The van der Waals surface area contributed by atoms with Crippen LogP contribution in [0.5, 0.6) is 0 Å². The van der Waals surface area contributed by atoms with Gasteiger partial charge in [0.25, 0.3) is 0 Å². The van der Waals surface area contributed by atoms with E-state index in [1.807, 2.05) is 0 Å². The molecule has 2 aliphatic rings. The van der Waals surface area contributed by atoms with Crippen molar-refractivity contribution in [1.29, 1.82) is 0 Å². The molecule has 2 unspecified atom stereocenters. The minimum absolute atomic E-state index is 0.635. The first-order valence-corrected chi connectivity index (χ1v) is 6.16. The summed E-state index contributed by atoms with van der Waals surface area (Å²) in [7, 11) is 0. The smallest absolute Gasteiger partial charge is 0.0352 e. The molecule has 0 saturated carbocycles. The van der Waals surface area contributed by atoms with Gasteiger partial charge in [0, 0.05) is 10.5 Å². The monoisotopic (exact) mass is 251 g/mol. The van der Waals surface area contributed by atoms with Crippen LogP contribution in [0.3, 0.4) is 0 Å². The number of fused-ring (bicyclic) bond motifs is 3. The molecular weight excluding hydrogens is 238 g/mol. The van der Waals surface area contributed by atoms with E-state index in [0.717, 1.165) is 5.92 Å². The molecule has 3 rings (SSSR count). The molecule has 74 valence electrons. The summed E-state index contributed by atoms with van der Waals surface area (Å²) in [5.74, 6) is 0.886. The number of benzene rings is 1. The lowest BCUT2D eigenvalue weighted by molar-refractivity contribution is 0.405. The predicted octanol–water partition coefficient (Wildman–Crippen LogP) is 3.05. The van der Waals surface area contributed by atoms with Crippen LogP contribution in [0, 0.1) is 5.92 Å². The fourth-order valence-corrected chi connectivity index (χ4v) is 3.47. The van der Waals surface area contributed by atoms with Crippen LogP contribution < -0.4 is 5.32 Å². The van der Waals surface area contributed by atoms with Gasteiger partial charge < -0.3 is 5.32 Å². The summed E-state index contributed by atoms with van der Waals surface area (Å²) < 4.78 is 1.29. The first-order valence-electron chi connectivity index (χ1n) is 5.37. The van der Waals surface area contributed by atoms with Crippen LogP contribution in [0.2, 0.25) is 0 Å². The highest BCUT2D eigenvalue weighted by Crippen LogP contribution is 2.41. The van der Waals surface area contributed by atoms with Crippen molar-refractivity contribution in [2.24, 2.45) is 5.92 Å². The lowest BCUT2D eigenvalue weighted by Gasteiger charge is -2.28. The van der Waals surface area contributed by atoms with E-state index in [4.69, 9.17) is 0 Å². The fraction of sp³-hybridized carbons (Fsp3) is 0.500. The van der Waals surface area contributed by atoms with E-state index in [0.29, 0.717) is 6.04 Å². The standard InChI is InChI=1S/C12H14BrN/c13-11-3-1-2-10-9(11)5-4-8-6-7-14-12(8)10/h1-3,8,12,14H,4-7H2. The van der Waals surface area contributed by atoms with Gasteiger partial charge in [-0.3, -0.25) is 0 Å². The molecule has 1 heterocycles. The quantitative estimate of drug-likeness (QED) is 0.748. The first-order chi connectivity index (χ1) is 6.86. The largest absolute Gasteiger partial charge is 0.310 e. The maximum atomic E-state index is 3.65. The average molecular weight is 252 g/mol. The minimum atomic E-state index is 0.635. The maximum absolute atomic E-state index is 3.65. The lowest BCUT2D eigenvalue weighted by Crippen LogP contribution is -2.23. The van der Waals surface area contributed by atoms with Gasteiger partial charge >= 0.3 is 0 Å². The molecule has 1 fully saturated rings. The molecule has 2 heteroatoms. The van der Waals surface area contributed by atoms with Crippen LogP contribution >= 0.6 is 15.9 Å². The van der Waals surface area contributed by atoms with Crippen molar-refractivity contribution in [1.82, 2.24) is 5.32 Å². The second-order valence-corrected chi connectivity index (χ2v) is 5.18. The molecule has 0 bridgehead atoms. The fourth-order valence-electron chi connectivity index (χ4n) is 2.89. The summed E-state index contributed by atoms with van der Waals surface area (Å²) >= 11 is 3.65. The second kappa shape index (κ2) is 3.35. The highest BCUT2D eigenvalue weighted by molar-refractivity contribution is 9.10. The molecule has 14 heavy (non-hydrogen) atoms. The number of halogens is 1. The Labute approximate surface area is 93.0 Å². The average Bonchev–Trinajstić information content (AvgIpc) is 2.66. The summed E-state index contributed by atoms with van der Waals surface area (Å²) in [4.78, 5) is 0. The van der Waals surface area contributed by atoms with Gasteiger partial charge in [-0.25, -0.2) is 0 Å². The van der Waals surface area contributed by atoms with Crippen LogP contribution in [0.25, 0.3) is 0 Å². The Morgan fingerprint density at radius 3 is 3.14 bits per heavy atom. The van der Waals surface area contributed by atoms with Gasteiger partial charge in [0.2, 0.25) is 0 Å². The van der Waals surface area contributed by atoms with Crippen molar-refractivity contribution in [2.45, 2.75) is 25.3 Å².